The van der Waals surface area contributed by atoms with E-state index in [1.807, 2.05) is 18.7 Å². The van der Waals surface area contributed by atoms with Crippen LogP contribution in [0.2, 0.25) is 0 Å². The molecule has 0 radical (unpaired) electrons. The maximum absolute atomic E-state index is 12.4. The number of nitrogens with zero attached hydrogens (tertiary/aromatic N) is 2. The molecule has 2 rings (SSSR count). The summed E-state index contributed by atoms with van der Waals surface area (Å²) in [5, 5.41) is 9.03. The second-order valence-electron chi connectivity index (χ2n) is 5.51. The van der Waals surface area contributed by atoms with Crippen LogP contribution in [0.3, 0.4) is 0 Å². The molecule has 0 aliphatic carbocycles. The Morgan fingerprint density at radius 1 is 1.26 bits per heavy atom. The van der Waals surface area contributed by atoms with E-state index in [2.05, 4.69) is 0 Å². The quantitative estimate of drug-likeness (QED) is 0.772. The number of morpholine rings is 1. The number of urea groups is 1. The predicted molar refractivity (Wildman–Crippen MR) is 68.9 cm³/mol. The number of carboxylic acids is 1. The van der Waals surface area contributed by atoms with Crippen LogP contribution >= 0.6 is 0 Å². The van der Waals surface area contributed by atoms with E-state index in [1.54, 1.807) is 4.90 Å². The summed E-state index contributed by atoms with van der Waals surface area (Å²) >= 11 is 0. The summed E-state index contributed by atoms with van der Waals surface area (Å²) < 4.78 is 5.43. The van der Waals surface area contributed by atoms with Crippen molar-refractivity contribution >= 4 is 12.0 Å². The van der Waals surface area contributed by atoms with E-state index in [4.69, 9.17) is 9.84 Å². The van der Waals surface area contributed by atoms with Gasteiger partial charge in [0.1, 0.15) is 0 Å². The maximum atomic E-state index is 12.4. The van der Waals surface area contributed by atoms with Crippen molar-refractivity contribution in [2.75, 3.05) is 26.2 Å². The van der Waals surface area contributed by atoms with Gasteiger partial charge in [-0.2, -0.15) is 0 Å². The fourth-order valence-electron chi connectivity index (χ4n) is 2.85. The lowest BCUT2D eigenvalue weighted by Crippen LogP contribution is -2.55. The number of likely N-dealkylation sites (tertiary alicyclic amines) is 1. The van der Waals surface area contributed by atoms with Gasteiger partial charge >= 0.3 is 12.0 Å². The molecule has 1 N–H and O–H groups in total. The lowest BCUT2D eigenvalue weighted by atomic mass is 9.92. The Kier molecular flexibility index (Phi) is 4.29. The summed E-state index contributed by atoms with van der Waals surface area (Å²) in [6.45, 7) is 6.23. The zero-order valence-corrected chi connectivity index (χ0v) is 11.5. The molecule has 2 saturated heterocycles. The van der Waals surface area contributed by atoms with Crippen LogP contribution < -0.4 is 0 Å². The normalized spacial score (nSPS) is 32.2. The fourth-order valence-corrected chi connectivity index (χ4v) is 2.85. The Labute approximate surface area is 113 Å². The van der Waals surface area contributed by atoms with Gasteiger partial charge in [0, 0.05) is 25.7 Å². The zero-order valence-electron chi connectivity index (χ0n) is 11.5. The van der Waals surface area contributed by atoms with Gasteiger partial charge in [-0.3, -0.25) is 4.79 Å². The molecular formula is C13H22N2O4. The first kappa shape index (κ1) is 14.1. The third-order valence-electron chi connectivity index (χ3n) is 3.98. The average Bonchev–Trinajstić information content (AvgIpc) is 2.37. The Bertz CT molecular complexity index is 361. The Hall–Kier alpha value is -1.30. The van der Waals surface area contributed by atoms with Gasteiger partial charge in [0.05, 0.1) is 18.6 Å². The molecule has 3 atom stereocenters. The Morgan fingerprint density at radius 3 is 2.58 bits per heavy atom. The first-order valence-corrected chi connectivity index (χ1v) is 6.89. The predicted octanol–water partition coefficient (Wildman–Crippen LogP) is 1.01. The standard InChI is InChI=1S/C13H22N2O4/c1-9-7-11(12(16)17)3-4-15(9)13(18)14-5-6-19-10(2)8-14/h9-11H,3-8H2,1-2H3,(H,16,17). The summed E-state index contributed by atoms with van der Waals surface area (Å²) in [5.41, 5.74) is 0. The van der Waals surface area contributed by atoms with Crippen molar-refractivity contribution in [1.29, 1.82) is 0 Å². The van der Waals surface area contributed by atoms with Gasteiger partial charge in [-0.15, -0.1) is 0 Å². The number of aliphatic carboxylic acids is 1. The van der Waals surface area contributed by atoms with E-state index in [-0.39, 0.29) is 24.1 Å². The van der Waals surface area contributed by atoms with Gasteiger partial charge in [-0.25, -0.2) is 4.79 Å². The number of carbonyl (C=O) groups is 2. The third kappa shape index (κ3) is 3.18. The van der Waals surface area contributed by atoms with Crippen molar-refractivity contribution in [2.24, 2.45) is 5.92 Å². The third-order valence-corrected chi connectivity index (χ3v) is 3.98. The number of carbonyl (C=O) groups excluding carboxylic acids is 1. The van der Waals surface area contributed by atoms with Gasteiger partial charge in [-0.1, -0.05) is 0 Å². The van der Waals surface area contributed by atoms with Crippen LogP contribution in [-0.4, -0.2) is 65.3 Å². The topological polar surface area (TPSA) is 70.1 Å². The van der Waals surface area contributed by atoms with Crippen LogP contribution in [0.1, 0.15) is 26.7 Å². The van der Waals surface area contributed by atoms with Crippen LogP contribution in [0.15, 0.2) is 0 Å². The molecule has 2 fully saturated rings. The molecule has 0 spiro atoms. The minimum Gasteiger partial charge on any atom is -0.481 e. The second kappa shape index (κ2) is 5.77. The Balaban J connectivity index is 1.94. The minimum atomic E-state index is -0.751. The monoisotopic (exact) mass is 270 g/mol. The molecule has 108 valence electrons. The van der Waals surface area contributed by atoms with Gasteiger partial charge in [0.25, 0.3) is 0 Å². The smallest absolute Gasteiger partial charge is 0.320 e. The summed E-state index contributed by atoms with van der Waals surface area (Å²) in [4.78, 5) is 27.0. The van der Waals surface area contributed by atoms with Gasteiger partial charge < -0.3 is 19.6 Å². The van der Waals surface area contributed by atoms with E-state index in [0.717, 1.165) is 0 Å². The van der Waals surface area contributed by atoms with E-state index in [9.17, 15) is 9.59 Å². The fraction of sp³-hybridized carbons (Fsp3) is 0.846. The molecule has 0 aromatic heterocycles. The molecular weight excluding hydrogens is 248 g/mol. The van der Waals surface area contributed by atoms with Gasteiger partial charge in [0.2, 0.25) is 0 Å². The molecule has 0 bridgehead atoms. The van der Waals surface area contributed by atoms with Gasteiger partial charge in [0.15, 0.2) is 0 Å². The summed E-state index contributed by atoms with van der Waals surface area (Å²) in [5.74, 6) is -1.07. The molecule has 2 amide bonds. The molecule has 0 saturated carbocycles. The van der Waals surface area contributed by atoms with Crippen molar-refractivity contribution in [1.82, 2.24) is 9.80 Å². The Morgan fingerprint density at radius 2 is 2.00 bits per heavy atom. The van der Waals surface area contributed by atoms with E-state index >= 15 is 0 Å². The van der Waals surface area contributed by atoms with E-state index in [0.29, 0.717) is 39.1 Å². The SMILES string of the molecule is CC1CN(C(=O)N2CCC(C(=O)O)CC2C)CCO1. The van der Waals surface area contributed by atoms with Crippen molar-refractivity contribution in [2.45, 2.75) is 38.8 Å². The maximum Gasteiger partial charge on any atom is 0.320 e. The number of hydrogen-bond acceptors (Lipinski definition) is 3. The van der Waals surface area contributed by atoms with Crippen molar-refractivity contribution in [3.8, 4) is 0 Å². The molecule has 0 aromatic rings. The number of hydrogen-bond donors (Lipinski definition) is 1. The van der Waals surface area contributed by atoms with E-state index in [1.165, 1.54) is 0 Å². The van der Waals surface area contributed by atoms with Crippen molar-refractivity contribution in [3.63, 3.8) is 0 Å². The largest absolute Gasteiger partial charge is 0.481 e. The summed E-state index contributed by atoms with van der Waals surface area (Å²) in [6.07, 6.45) is 1.16. The number of rotatable bonds is 1. The molecule has 2 aliphatic heterocycles. The van der Waals surface area contributed by atoms with Crippen LogP contribution in [0, 0.1) is 5.92 Å². The highest BCUT2D eigenvalue weighted by atomic mass is 16.5. The number of ether oxygens (including phenoxy) is 1. The molecule has 6 heteroatoms. The highest BCUT2D eigenvalue weighted by Gasteiger charge is 2.35. The first-order valence-electron chi connectivity index (χ1n) is 6.89. The van der Waals surface area contributed by atoms with Crippen LogP contribution in [-0.2, 0) is 9.53 Å². The molecule has 19 heavy (non-hydrogen) atoms. The molecule has 2 aliphatic rings. The average molecular weight is 270 g/mol. The minimum absolute atomic E-state index is 0.0134. The van der Waals surface area contributed by atoms with E-state index < -0.39 is 5.97 Å². The van der Waals surface area contributed by atoms with Crippen LogP contribution in [0.4, 0.5) is 4.79 Å². The zero-order chi connectivity index (χ0) is 14.0. The van der Waals surface area contributed by atoms with Crippen LogP contribution in [0.25, 0.3) is 0 Å². The van der Waals surface area contributed by atoms with Crippen molar-refractivity contribution < 1.29 is 19.4 Å². The van der Waals surface area contributed by atoms with Crippen LogP contribution in [0.5, 0.6) is 0 Å². The molecule has 3 unspecified atom stereocenters. The lowest BCUT2D eigenvalue weighted by Gasteiger charge is -2.41. The highest BCUT2D eigenvalue weighted by Crippen LogP contribution is 2.24. The molecule has 6 nitrogen and oxygen atoms in total. The second-order valence-corrected chi connectivity index (χ2v) is 5.51. The molecule has 0 aromatic carbocycles. The molecule has 2 heterocycles. The summed E-state index contributed by atoms with van der Waals surface area (Å²) in [7, 11) is 0. The number of piperidine rings is 1. The van der Waals surface area contributed by atoms with Gasteiger partial charge in [-0.05, 0) is 26.7 Å². The first-order chi connectivity index (χ1) is 8.99. The number of amides is 2. The highest BCUT2D eigenvalue weighted by molar-refractivity contribution is 5.76. The van der Waals surface area contributed by atoms with Crippen molar-refractivity contribution in [3.05, 3.63) is 0 Å². The summed E-state index contributed by atoms with van der Waals surface area (Å²) in [6, 6.07) is 0.00647. The lowest BCUT2D eigenvalue weighted by molar-refractivity contribution is -0.143. The number of carboxylic acid groups (broad SMARTS) is 1.